The van der Waals surface area contributed by atoms with Crippen molar-refractivity contribution >= 4 is 11.8 Å². The molecular weight excluding hydrogens is 220 g/mol. The van der Waals surface area contributed by atoms with Gasteiger partial charge in [-0.3, -0.25) is 9.59 Å². The largest absolute Gasteiger partial charge is 0.334 e. The number of rotatable bonds is 1. The molecule has 3 N–H and O–H groups in total. The summed E-state index contributed by atoms with van der Waals surface area (Å²) in [5, 5.41) is 3.16. The standard InChI is InChI=1S/C11H20N4O2/c12-7-9-1-4-15(8-9)11(17)10(16)14-5-2-13-3-6-14/h9,13H,1-8,12H2. The first-order valence-corrected chi connectivity index (χ1v) is 6.21. The van der Waals surface area contributed by atoms with Gasteiger partial charge < -0.3 is 20.9 Å². The Kier molecular flexibility index (Phi) is 3.96. The molecule has 17 heavy (non-hydrogen) atoms. The first-order valence-electron chi connectivity index (χ1n) is 6.21. The Labute approximate surface area is 101 Å². The number of hydrogen-bond donors (Lipinski definition) is 2. The third-order valence-corrected chi connectivity index (χ3v) is 3.49. The predicted octanol–water partition coefficient (Wildman–Crippen LogP) is -1.77. The third kappa shape index (κ3) is 2.76. The number of nitrogens with zero attached hydrogens (tertiary/aromatic N) is 2. The van der Waals surface area contributed by atoms with E-state index in [-0.39, 0.29) is 11.8 Å². The van der Waals surface area contributed by atoms with Gasteiger partial charge in [0.25, 0.3) is 0 Å². The maximum Gasteiger partial charge on any atom is 0.312 e. The number of hydrogen-bond acceptors (Lipinski definition) is 4. The Morgan fingerprint density at radius 1 is 1.12 bits per heavy atom. The first-order chi connectivity index (χ1) is 8.22. The van der Waals surface area contributed by atoms with Crippen LogP contribution < -0.4 is 11.1 Å². The zero-order valence-corrected chi connectivity index (χ0v) is 10.0. The second-order valence-corrected chi connectivity index (χ2v) is 4.68. The van der Waals surface area contributed by atoms with Gasteiger partial charge in [0.2, 0.25) is 0 Å². The number of likely N-dealkylation sites (tertiary alicyclic amines) is 1. The number of carbonyl (C=O) groups excluding carboxylic acids is 2. The fraction of sp³-hybridized carbons (Fsp3) is 0.818. The van der Waals surface area contributed by atoms with Crippen LogP contribution in [0.1, 0.15) is 6.42 Å². The molecule has 2 aliphatic heterocycles. The molecule has 2 heterocycles. The van der Waals surface area contributed by atoms with E-state index in [0.29, 0.717) is 38.6 Å². The summed E-state index contributed by atoms with van der Waals surface area (Å²) in [6.07, 6.45) is 0.914. The summed E-state index contributed by atoms with van der Waals surface area (Å²) in [6, 6.07) is 0. The summed E-state index contributed by atoms with van der Waals surface area (Å²) >= 11 is 0. The van der Waals surface area contributed by atoms with Crippen molar-refractivity contribution in [3.05, 3.63) is 0 Å². The molecule has 2 aliphatic rings. The van der Waals surface area contributed by atoms with Crippen LogP contribution in [0.25, 0.3) is 0 Å². The molecule has 0 bridgehead atoms. The van der Waals surface area contributed by atoms with Crippen molar-refractivity contribution < 1.29 is 9.59 Å². The van der Waals surface area contributed by atoms with Crippen LogP contribution in [0.4, 0.5) is 0 Å². The third-order valence-electron chi connectivity index (χ3n) is 3.49. The van der Waals surface area contributed by atoms with Gasteiger partial charge in [0, 0.05) is 39.3 Å². The van der Waals surface area contributed by atoms with E-state index < -0.39 is 0 Å². The minimum absolute atomic E-state index is 0.356. The highest BCUT2D eigenvalue weighted by atomic mass is 16.2. The zero-order chi connectivity index (χ0) is 12.3. The van der Waals surface area contributed by atoms with E-state index in [0.717, 1.165) is 19.5 Å². The minimum Gasteiger partial charge on any atom is -0.334 e. The Balaban J connectivity index is 1.88. The average Bonchev–Trinajstić information content (AvgIpc) is 2.87. The van der Waals surface area contributed by atoms with Crippen LogP contribution in [0, 0.1) is 5.92 Å². The van der Waals surface area contributed by atoms with Crippen molar-refractivity contribution in [1.29, 1.82) is 0 Å². The van der Waals surface area contributed by atoms with Gasteiger partial charge in [0.15, 0.2) is 0 Å². The van der Waals surface area contributed by atoms with E-state index in [1.807, 2.05) is 0 Å². The van der Waals surface area contributed by atoms with Crippen LogP contribution in [-0.4, -0.2) is 67.4 Å². The molecular formula is C11H20N4O2. The Hall–Kier alpha value is -1.14. The highest BCUT2D eigenvalue weighted by Crippen LogP contribution is 2.15. The van der Waals surface area contributed by atoms with Crippen LogP contribution in [0.15, 0.2) is 0 Å². The molecule has 6 heteroatoms. The molecule has 2 saturated heterocycles. The van der Waals surface area contributed by atoms with Crippen molar-refractivity contribution in [1.82, 2.24) is 15.1 Å². The van der Waals surface area contributed by atoms with Gasteiger partial charge in [0.1, 0.15) is 0 Å². The molecule has 96 valence electrons. The van der Waals surface area contributed by atoms with E-state index in [1.165, 1.54) is 0 Å². The topological polar surface area (TPSA) is 78.7 Å². The van der Waals surface area contributed by atoms with Gasteiger partial charge >= 0.3 is 11.8 Å². The molecule has 0 spiro atoms. The van der Waals surface area contributed by atoms with Crippen LogP contribution in [0.2, 0.25) is 0 Å². The van der Waals surface area contributed by atoms with Crippen LogP contribution in [-0.2, 0) is 9.59 Å². The lowest BCUT2D eigenvalue weighted by atomic mass is 10.1. The van der Waals surface area contributed by atoms with Gasteiger partial charge in [-0.2, -0.15) is 0 Å². The van der Waals surface area contributed by atoms with Crippen molar-refractivity contribution in [3.63, 3.8) is 0 Å². The summed E-state index contributed by atoms with van der Waals surface area (Å²) in [5.74, 6) is -0.359. The smallest absolute Gasteiger partial charge is 0.312 e. The lowest BCUT2D eigenvalue weighted by Gasteiger charge is -2.28. The first kappa shape index (κ1) is 12.3. The van der Waals surface area contributed by atoms with Gasteiger partial charge in [0.05, 0.1) is 0 Å². The molecule has 2 rings (SSSR count). The van der Waals surface area contributed by atoms with E-state index >= 15 is 0 Å². The molecule has 1 atom stereocenters. The highest BCUT2D eigenvalue weighted by molar-refractivity contribution is 6.35. The normalized spacial score (nSPS) is 25.1. The molecule has 1 unspecified atom stereocenters. The maximum absolute atomic E-state index is 12.0. The predicted molar refractivity (Wildman–Crippen MR) is 63.2 cm³/mol. The van der Waals surface area contributed by atoms with Gasteiger partial charge in [-0.05, 0) is 18.9 Å². The van der Waals surface area contributed by atoms with E-state index in [1.54, 1.807) is 9.80 Å². The molecule has 2 fully saturated rings. The molecule has 0 aliphatic carbocycles. The lowest BCUT2D eigenvalue weighted by Crippen LogP contribution is -2.51. The molecule has 0 radical (unpaired) electrons. The van der Waals surface area contributed by atoms with Crippen molar-refractivity contribution in [2.75, 3.05) is 45.8 Å². The van der Waals surface area contributed by atoms with Crippen LogP contribution in [0.5, 0.6) is 0 Å². The minimum atomic E-state index is -0.358. The van der Waals surface area contributed by atoms with Crippen molar-refractivity contribution in [2.45, 2.75) is 6.42 Å². The van der Waals surface area contributed by atoms with Gasteiger partial charge in [-0.15, -0.1) is 0 Å². The SMILES string of the molecule is NCC1CCN(C(=O)C(=O)N2CCNCC2)C1. The highest BCUT2D eigenvalue weighted by Gasteiger charge is 2.32. The molecule has 2 amide bonds. The van der Waals surface area contributed by atoms with Gasteiger partial charge in [-0.25, -0.2) is 0 Å². The van der Waals surface area contributed by atoms with Gasteiger partial charge in [-0.1, -0.05) is 0 Å². The summed E-state index contributed by atoms with van der Waals surface area (Å²) in [4.78, 5) is 27.2. The number of amides is 2. The lowest BCUT2D eigenvalue weighted by molar-refractivity contribution is -0.151. The molecule has 0 aromatic rings. The summed E-state index contributed by atoms with van der Waals surface area (Å²) in [7, 11) is 0. The fourth-order valence-corrected chi connectivity index (χ4v) is 2.35. The second-order valence-electron chi connectivity index (χ2n) is 4.68. The summed E-state index contributed by atoms with van der Waals surface area (Å²) < 4.78 is 0. The van der Waals surface area contributed by atoms with Crippen molar-refractivity contribution in [2.24, 2.45) is 11.7 Å². The average molecular weight is 240 g/mol. The second kappa shape index (κ2) is 5.46. The quantitative estimate of drug-likeness (QED) is 0.531. The van der Waals surface area contributed by atoms with Crippen molar-refractivity contribution in [3.8, 4) is 0 Å². The maximum atomic E-state index is 12.0. The van der Waals surface area contributed by atoms with E-state index in [9.17, 15) is 9.59 Å². The number of nitrogens with two attached hydrogens (primary N) is 1. The molecule has 0 aromatic carbocycles. The Bertz CT molecular complexity index is 302. The number of nitrogens with one attached hydrogen (secondary N) is 1. The fourth-order valence-electron chi connectivity index (χ4n) is 2.35. The number of piperazine rings is 1. The van der Waals surface area contributed by atoms with Crippen LogP contribution >= 0.6 is 0 Å². The van der Waals surface area contributed by atoms with E-state index in [4.69, 9.17) is 5.73 Å². The Morgan fingerprint density at radius 3 is 2.35 bits per heavy atom. The monoisotopic (exact) mass is 240 g/mol. The number of carbonyl (C=O) groups is 2. The Morgan fingerprint density at radius 2 is 1.76 bits per heavy atom. The molecule has 6 nitrogen and oxygen atoms in total. The molecule has 0 saturated carbocycles. The van der Waals surface area contributed by atoms with E-state index in [2.05, 4.69) is 5.32 Å². The summed E-state index contributed by atoms with van der Waals surface area (Å²) in [5.41, 5.74) is 5.57. The van der Waals surface area contributed by atoms with Crippen LogP contribution in [0.3, 0.4) is 0 Å². The molecule has 0 aromatic heterocycles. The summed E-state index contributed by atoms with van der Waals surface area (Å²) in [6.45, 7) is 4.67. The zero-order valence-electron chi connectivity index (χ0n) is 10.0.